The van der Waals surface area contributed by atoms with E-state index in [9.17, 15) is 4.79 Å². The van der Waals surface area contributed by atoms with Crippen LogP contribution in [0.2, 0.25) is 0 Å². The summed E-state index contributed by atoms with van der Waals surface area (Å²) in [6.45, 7) is 8.10. The molecule has 0 bridgehead atoms. The first-order valence-corrected chi connectivity index (χ1v) is 8.68. The van der Waals surface area contributed by atoms with Crippen LogP contribution >= 0.6 is 0 Å². The molecule has 1 unspecified atom stereocenters. The lowest BCUT2D eigenvalue weighted by Crippen LogP contribution is -2.27. The Morgan fingerprint density at radius 3 is 2.54 bits per heavy atom. The Labute approximate surface area is 153 Å². The fourth-order valence-corrected chi connectivity index (χ4v) is 2.67. The van der Waals surface area contributed by atoms with Crippen molar-refractivity contribution in [3.8, 4) is 11.3 Å². The number of carbonyl (C=O) groups is 1. The standard InChI is InChI=1S/C20H23N5O/c1-12(2)15-7-16(18-6-5-13(3)10-21-18)9-17(8-15)20(26)24-14(4)19-22-11-23-25-19/h5-12,14H,1-4H3,(H,24,26)(H,22,23,25). The molecular formula is C20H23N5O. The Balaban J connectivity index is 1.92. The van der Waals surface area contributed by atoms with E-state index < -0.39 is 0 Å². The molecule has 134 valence electrons. The minimum Gasteiger partial charge on any atom is -0.342 e. The predicted octanol–water partition coefficient (Wildman–Crippen LogP) is 3.79. The average molecular weight is 349 g/mol. The van der Waals surface area contributed by atoms with Gasteiger partial charge < -0.3 is 5.32 Å². The van der Waals surface area contributed by atoms with E-state index in [1.54, 1.807) is 0 Å². The van der Waals surface area contributed by atoms with Crippen LogP contribution in [0.1, 0.15) is 60.0 Å². The summed E-state index contributed by atoms with van der Waals surface area (Å²) in [6, 6.07) is 9.66. The van der Waals surface area contributed by atoms with Gasteiger partial charge in [0.2, 0.25) is 0 Å². The Bertz CT molecular complexity index is 885. The third-order valence-corrected chi connectivity index (χ3v) is 4.28. The molecule has 2 N–H and O–H groups in total. The minimum absolute atomic E-state index is 0.148. The highest BCUT2D eigenvalue weighted by Crippen LogP contribution is 2.25. The maximum atomic E-state index is 12.8. The van der Waals surface area contributed by atoms with E-state index in [4.69, 9.17) is 0 Å². The lowest BCUT2D eigenvalue weighted by atomic mass is 9.96. The SMILES string of the molecule is Cc1ccc(-c2cc(C(=O)NC(C)c3ncn[nH]3)cc(C(C)C)c2)nc1. The summed E-state index contributed by atoms with van der Waals surface area (Å²) in [5.41, 5.74) is 4.61. The van der Waals surface area contributed by atoms with Crippen molar-refractivity contribution in [2.45, 2.75) is 39.7 Å². The molecule has 26 heavy (non-hydrogen) atoms. The first-order chi connectivity index (χ1) is 12.4. The molecule has 0 radical (unpaired) electrons. The van der Waals surface area contributed by atoms with E-state index in [-0.39, 0.29) is 11.9 Å². The number of aromatic amines is 1. The number of nitrogens with zero attached hydrogens (tertiary/aromatic N) is 3. The molecule has 0 saturated carbocycles. The number of aryl methyl sites for hydroxylation is 1. The van der Waals surface area contributed by atoms with Gasteiger partial charge >= 0.3 is 0 Å². The smallest absolute Gasteiger partial charge is 0.251 e. The van der Waals surface area contributed by atoms with Gasteiger partial charge in [-0.25, -0.2) is 4.98 Å². The molecule has 3 aromatic rings. The second-order valence-corrected chi connectivity index (χ2v) is 6.79. The zero-order chi connectivity index (χ0) is 18.7. The van der Waals surface area contributed by atoms with Gasteiger partial charge in [0.05, 0.1) is 11.7 Å². The van der Waals surface area contributed by atoms with Gasteiger partial charge in [-0.3, -0.25) is 14.9 Å². The van der Waals surface area contributed by atoms with Gasteiger partial charge in [0.15, 0.2) is 0 Å². The topological polar surface area (TPSA) is 83.6 Å². The molecule has 6 nitrogen and oxygen atoms in total. The molecule has 1 atom stereocenters. The molecular weight excluding hydrogens is 326 g/mol. The molecule has 0 spiro atoms. The second kappa shape index (κ2) is 7.47. The quantitative estimate of drug-likeness (QED) is 0.734. The molecule has 3 rings (SSSR count). The second-order valence-electron chi connectivity index (χ2n) is 6.79. The minimum atomic E-state index is -0.256. The van der Waals surface area contributed by atoms with Crippen molar-refractivity contribution in [3.05, 3.63) is 65.4 Å². The zero-order valence-electron chi connectivity index (χ0n) is 15.4. The summed E-state index contributed by atoms with van der Waals surface area (Å²) in [4.78, 5) is 21.4. The summed E-state index contributed by atoms with van der Waals surface area (Å²) < 4.78 is 0. The van der Waals surface area contributed by atoms with Crippen LogP contribution in [0.5, 0.6) is 0 Å². The number of carbonyl (C=O) groups excluding carboxylic acids is 1. The first-order valence-electron chi connectivity index (χ1n) is 8.68. The number of amides is 1. The molecule has 0 fully saturated rings. The lowest BCUT2D eigenvalue weighted by Gasteiger charge is -2.15. The lowest BCUT2D eigenvalue weighted by molar-refractivity contribution is 0.0938. The summed E-state index contributed by atoms with van der Waals surface area (Å²) in [5, 5.41) is 9.57. The maximum absolute atomic E-state index is 12.8. The van der Waals surface area contributed by atoms with E-state index in [1.807, 2.05) is 44.3 Å². The van der Waals surface area contributed by atoms with Crippen LogP contribution in [0.3, 0.4) is 0 Å². The van der Waals surface area contributed by atoms with Crippen LogP contribution in [-0.2, 0) is 0 Å². The summed E-state index contributed by atoms with van der Waals surface area (Å²) in [7, 11) is 0. The number of hydrogen-bond donors (Lipinski definition) is 2. The molecule has 0 aliphatic carbocycles. The number of H-pyrrole nitrogens is 1. The van der Waals surface area contributed by atoms with Crippen LogP contribution < -0.4 is 5.32 Å². The zero-order valence-corrected chi connectivity index (χ0v) is 15.4. The van der Waals surface area contributed by atoms with Crippen molar-refractivity contribution in [3.63, 3.8) is 0 Å². The monoisotopic (exact) mass is 349 g/mol. The Hall–Kier alpha value is -3.02. The van der Waals surface area contributed by atoms with Crippen molar-refractivity contribution in [1.82, 2.24) is 25.5 Å². The highest BCUT2D eigenvalue weighted by molar-refractivity contribution is 5.95. The number of pyridine rings is 1. The fraction of sp³-hybridized carbons (Fsp3) is 0.300. The summed E-state index contributed by atoms with van der Waals surface area (Å²) in [5.74, 6) is 0.780. The van der Waals surface area contributed by atoms with Gasteiger partial charge in [0.25, 0.3) is 5.91 Å². The molecule has 6 heteroatoms. The van der Waals surface area contributed by atoms with E-state index in [0.717, 1.165) is 22.4 Å². The molecule has 1 amide bonds. The Morgan fingerprint density at radius 1 is 1.12 bits per heavy atom. The summed E-state index contributed by atoms with van der Waals surface area (Å²) in [6.07, 6.45) is 3.27. The Morgan fingerprint density at radius 2 is 1.92 bits per heavy atom. The molecule has 2 heterocycles. The molecule has 0 aliphatic rings. The number of hydrogen-bond acceptors (Lipinski definition) is 4. The number of rotatable bonds is 5. The predicted molar refractivity (Wildman–Crippen MR) is 101 cm³/mol. The number of nitrogens with one attached hydrogen (secondary N) is 2. The molecule has 1 aromatic carbocycles. The van der Waals surface area contributed by atoms with E-state index in [0.29, 0.717) is 17.3 Å². The summed E-state index contributed by atoms with van der Waals surface area (Å²) >= 11 is 0. The normalized spacial score (nSPS) is 12.2. The highest BCUT2D eigenvalue weighted by Gasteiger charge is 2.16. The molecule has 0 aliphatic heterocycles. The van der Waals surface area contributed by atoms with Crippen molar-refractivity contribution >= 4 is 5.91 Å². The van der Waals surface area contributed by atoms with Gasteiger partial charge in [-0.15, -0.1) is 0 Å². The Kier molecular flexibility index (Phi) is 5.11. The van der Waals surface area contributed by atoms with Crippen LogP contribution in [0.4, 0.5) is 0 Å². The third kappa shape index (κ3) is 3.96. The van der Waals surface area contributed by atoms with Gasteiger partial charge in [-0.05, 0) is 55.2 Å². The number of aromatic nitrogens is 4. The molecule has 0 saturated heterocycles. The van der Waals surface area contributed by atoms with Gasteiger partial charge in [0.1, 0.15) is 12.2 Å². The van der Waals surface area contributed by atoms with Crippen LogP contribution in [0, 0.1) is 6.92 Å². The highest BCUT2D eigenvalue weighted by atomic mass is 16.1. The van der Waals surface area contributed by atoms with Crippen molar-refractivity contribution in [1.29, 1.82) is 0 Å². The fourth-order valence-electron chi connectivity index (χ4n) is 2.67. The van der Waals surface area contributed by atoms with Gasteiger partial charge in [-0.2, -0.15) is 5.10 Å². The first kappa shape index (κ1) is 17.8. The number of benzene rings is 1. The largest absolute Gasteiger partial charge is 0.342 e. The van der Waals surface area contributed by atoms with E-state index in [2.05, 4.69) is 45.4 Å². The van der Waals surface area contributed by atoms with Crippen LogP contribution in [-0.4, -0.2) is 26.1 Å². The average Bonchev–Trinajstić information content (AvgIpc) is 3.16. The van der Waals surface area contributed by atoms with E-state index >= 15 is 0 Å². The van der Waals surface area contributed by atoms with Gasteiger partial charge in [-0.1, -0.05) is 19.9 Å². The van der Waals surface area contributed by atoms with E-state index in [1.165, 1.54) is 6.33 Å². The van der Waals surface area contributed by atoms with Crippen LogP contribution in [0.25, 0.3) is 11.3 Å². The van der Waals surface area contributed by atoms with Crippen LogP contribution in [0.15, 0.2) is 42.9 Å². The van der Waals surface area contributed by atoms with Crippen molar-refractivity contribution in [2.24, 2.45) is 0 Å². The maximum Gasteiger partial charge on any atom is 0.251 e. The third-order valence-electron chi connectivity index (χ3n) is 4.28. The van der Waals surface area contributed by atoms with Crippen molar-refractivity contribution in [2.75, 3.05) is 0 Å². The van der Waals surface area contributed by atoms with Gasteiger partial charge in [0, 0.05) is 17.3 Å². The molecule has 2 aromatic heterocycles. The van der Waals surface area contributed by atoms with Crippen molar-refractivity contribution < 1.29 is 4.79 Å².